The van der Waals surface area contributed by atoms with Crippen LogP contribution in [0.2, 0.25) is 0 Å². The predicted molar refractivity (Wildman–Crippen MR) is 101 cm³/mol. The molecule has 0 amide bonds. The lowest BCUT2D eigenvalue weighted by atomic mass is 9.88. The molecule has 0 radical (unpaired) electrons. The molecule has 2 atom stereocenters. The molecule has 0 fully saturated rings. The molecule has 1 nitrogen and oxygen atoms in total. The van der Waals surface area contributed by atoms with E-state index < -0.39 is 0 Å². The average molecular weight is 309 g/mol. The van der Waals surface area contributed by atoms with E-state index in [1.807, 2.05) is 0 Å². The van der Waals surface area contributed by atoms with Crippen molar-refractivity contribution >= 4 is 0 Å². The number of rotatable bonds is 8. The van der Waals surface area contributed by atoms with Crippen LogP contribution in [0.3, 0.4) is 0 Å². The first-order chi connectivity index (χ1) is 11.1. The molecule has 0 aliphatic carbocycles. The van der Waals surface area contributed by atoms with Gasteiger partial charge in [0.05, 0.1) is 0 Å². The van der Waals surface area contributed by atoms with Crippen molar-refractivity contribution in [3.05, 3.63) is 71.3 Å². The molecule has 0 aromatic heterocycles. The fourth-order valence-corrected chi connectivity index (χ4v) is 3.03. The van der Waals surface area contributed by atoms with Crippen LogP contribution in [0.1, 0.15) is 55.2 Å². The molecule has 0 saturated heterocycles. The first-order valence-electron chi connectivity index (χ1n) is 8.88. The van der Waals surface area contributed by atoms with Gasteiger partial charge in [0, 0.05) is 0 Å². The van der Waals surface area contributed by atoms with Crippen molar-refractivity contribution in [1.82, 2.24) is 4.90 Å². The normalized spacial score (nSPS) is 14.0. The van der Waals surface area contributed by atoms with Gasteiger partial charge in [-0.25, -0.2) is 0 Å². The van der Waals surface area contributed by atoms with E-state index in [1.54, 1.807) is 0 Å². The van der Waals surface area contributed by atoms with Gasteiger partial charge in [-0.15, -0.1) is 0 Å². The second-order valence-electron chi connectivity index (χ2n) is 6.95. The SMILES string of the molecule is CCC(C)c1ccc(CC(CCN(C)C)c2ccccc2)cc1. The van der Waals surface area contributed by atoms with Crippen LogP contribution in [0.4, 0.5) is 0 Å². The Labute approximate surface area is 142 Å². The molecule has 0 spiro atoms. The minimum absolute atomic E-state index is 0.591. The van der Waals surface area contributed by atoms with Crippen LogP contribution >= 0.6 is 0 Å². The van der Waals surface area contributed by atoms with E-state index in [0.29, 0.717) is 11.8 Å². The van der Waals surface area contributed by atoms with E-state index in [0.717, 1.165) is 13.0 Å². The van der Waals surface area contributed by atoms with Gasteiger partial charge in [-0.2, -0.15) is 0 Å². The lowest BCUT2D eigenvalue weighted by molar-refractivity contribution is 0.380. The molecule has 2 aromatic rings. The van der Waals surface area contributed by atoms with Gasteiger partial charge in [-0.3, -0.25) is 0 Å². The Morgan fingerprint density at radius 3 is 2.09 bits per heavy atom. The van der Waals surface area contributed by atoms with E-state index in [1.165, 1.54) is 29.5 Å². The summed E-state index contributed by atoms with van der Waals surface area (Å²) in [6.45, 7) is 5.69. The Morgan fingerprint density at radius 1 is 0.870 bits per heavy atom. The highest BCUT2D eigenvalue weighted by atomic mass is 15.0. The maximum Gasteiger partial charge on any atom is -0.00189 e. The summed E-state index contributed by atoms with van der Waals surface area (Å²) < 4.78 is 0. The monoisotopic (exact) mass is 309 g/mol. The lowest BCUT2D eigenvalue weighted by Crippen LogP contribution is -2.17. The zero-order valence-corrected chi connectivity index (χ0v) is 15.1. The summed E-state index contributed by atoms with van der Waals surface area (Å²) in [5.41, 5.74) is 4.37. The van der Waals surface area contributed by atoms with Gasteiger partial charge in [-0.1, -0.05) is 68.4 Å². The fraction of sp³-hybridized carbons (Fsp3) is 0.455. The van der Waals surface area contributed by atoms with Gasteiger partial charge >= 0.3 is 0 Å². The van der Waals surface area contributed by atoms with Crippen LogP contribution in [0, 0.1) is 0 Å². The second-order valence-corrected chi connectivity index (χ2v) is 6.95. The average Bonchev–Trinajstić information content (AvgIpc) is 2.59. The smallest absolute Gasteiger partial charge is 0.00189 e. The van der Waals surface area contributed by atoms with E-state index >= 15 is 0 Å². The maximum atomic E-state index is 2.33. The predicted octanol–water partition coefficient (Wildman–Crippen LogP) is 5.48. The molecule has 2 unspecified atom stereocenters. The van der Waals surface area contributed by atoms with Crippen molar-refractivity contribution in [2.45, 2.75) is 44.9 Å². The van der Waals surface area contributed by atoms with Gasteiger partial charge < -0.3 is 4.90 Å². The Morgan fingerprint density at radius 2 is 1.52 bits per heavy atom. The lowest BCUT2D eigenvalue weighted by Gasteiger charge is -2.20. The van der Waals surface area contributed by atoms with Crippen LogP contribution < -0.4 is 0 Å². The Balaban J connectivity index is 2.10. The third-order valence-electron chi connectivity index (χ3n) is 4.84. The Hall–Kier alpha value is -1.60. The summed E-state index contributed by atoms with van der Waals surface area (Å²) >= 11 is 0. The summed E-state index contributed by atoms with van der Waals surface area (Å²) in [6, 6.07) is 20.2. The molecular formula is C22H31N. The van der Waals surface area contributed by atoms with Crippen molar-refractivity contribution in [3.63, 3.8) is 0 Å². The third-order valence-corrected chi connectivity index (χ3v) is 4.84. The summed E-state index contributed by atoms with van der Waals surface area (Å²) in [6.07, 6.45) is 3.53. The zero-order valence-electron chi connectivity index (χ0n) is 15.1. The zero-order chi connectivity index (χ0) is 16.7. The van der Waals surface area contributed by atoms with Gasteiger partial charge in [-0.05, 0) is 68.4 Å². The summed E-state index contributed by atoms with van der Waals surface area (Å²) in [7, 11) is 4.31. The molecule has 2 rings (SSSR count). The molecule has 23 heavy (non-hydrogen) atoms. The van der Waals surface area contributed by atoms with E-state index in [9.17, 15) is 0 Å². The topological polar surface area (TPSA) is 3.24 Å². The third kappa shape index (κ3) is 5.51. The summed E-state index contributed by atoms with van der Waals surface area (Å²) in [5, 5.41) is 0. The molecule has 0 bridgehead atoms. The molecule has 0 heterocycles. The quantitative estimate of drug-likeness (QED) is 0.624. The van der Waals surface area contributed by atoms with Crippen LogP contribution in [0.5, 0.6) is 0 Å². The minimum Gasteiger partial charge on any atom is -0.309 e. The van der Waals surface area contributed by atoms with Crippen molar-refractivity contribution in [2.24, 2.45) is 0 Å². The van der Waals surface area contributed by atoms with E-state index in [2.05, 4.69) is 87.4 Å². The first kappa shape index (κ1) is 17.7. The van der Waals surface area contributed by atoms with Gasteiger partial charge in [0.15, 0.2) is 0 Å². The summed E-state index contributed by atoms with van der Waals surface area (Å²) in [5.74, 6) is 1.25. The standard InChI is InChI=1S/C22H31N/c1-5-18(2)20-13-11-19(12-14-20)17-22(15-16-23(3)4)21-9-7-6-8-10-21/h6-14,18,22H,5,15-17H2,1-4H3. The number of hydrogen-bond donors (Lipinski definition) is 0. The highest BCUT2D eigenvalue weighted by Crippen LogP contribution is 2.26. The van der Waals surface area contributed by atoms with Gasteiger partial charge in [0.1, 0.15) is 0 Å². The van der Waals surface area contributed by atoms with Crippen molar-refractivity contribution in [3.8, 4) is 0 Å². The van der Waals surface area contributed by atoms with Crippen LogP contribution in [-0.4, -0.2) is 25.5 Å². The van der Waals surface area contributed by atoms with E-state index in [-0.39, 0.29) is 0 Å². The molecule has 2 aromatic carbocycles. The fourth-order valence-electron chi connectivity index (χ4n) is 3.03. The van der Waals surface area contributed by atoms with Crippen molar-refractivity contribution in [1.29, 1.82) is 0 Å². The van der Waals surface area contributed by atoms with Crippen molar-refractivity contribution < 1.29 is 0 Å². The molecule has 0 N–H and O–H groups in total. The van der Waals surface area contributed by atoms with Crippen molar-refractivity contribution in [2.75, 3.05) is 20.6 Å². The Bertz CT molecular complexity index is 556. The summed E-state index contributed by atoms with van der Waals surface area (Å²) in [4.78, 5) is 2.28. The van der Waals surface area contributed by atoms with Gasteiger partial charge in [0.25, 0.3) is 0 Å². The Kier molecular flexibility index (Phi) is 6.85. The largest absolute Gasteiger partial charge is 0.309 e. The maximum absolute atomic E-state index is 2.33. The van der Waals surface area contributed by atoms with Crippen LogP contribution in [0.15, 0.2) is 54.6 Å². The van der Waals surface area contributed by atoms with Crippen LogP contribution in [0.25, 0.3) is 0 Å². The number of hydrogen-bond acceptors (Lipinski definition) is 1. The molecule has 0 aliphatic rings. The molecule has 0 aliphatic heterocycles. The highest BCUT2D eigenvalue weighted by molar-refractivity contribution is 5.28. The van der Waals surface area contributed by atoms with Crippen LogP contribution in [-0.2, 0) is 6.42 Å². The number of nitrogens with zero attached hydrogens (tertiary/aromatic N) is 1. The van der Waals surface area contributed by atoms with E-state index in [4.69, 9.17) is 0 Å². The molecular weight excluding hydrogens is 278 g/mol. The first-order valence-corrected chi connectivity index (χ1v) is 8.88. The van der Waals surface area contributed by atoms with Gasteiger partial charge in [0.2, 0.25) is 0 Å². The molecule has 0 saturated carbocycles. The molecule has 1 heteroatoms. The highest BCUT2D eigenvalue weighted by Gasteiger charge is 2.13. The second kappa shape index (κ2) is 8.88. The molecule has 124 valence electrons. The minimum atomic E-state index is 0.591. The number of benzene rings is 2.